The fraction of sp³-hybridized carbons (Fsp3) is 0.0556. The fourth-order valence-electron chi connectivity index (χ4n) is 2.21. The van der Waals surface area contributed by atoms with Crippen LogP contribution in [0.4, 0.5) is 28.7 Å². The van der Waals surface area contributed by atoms with Crippen molar-refractivity contribution in [2.75, 3.05) is 16.4 Å². The van der Waals surface area contributed by atoms with Crippen LogP contribution in [-0.2, 0) is 0 Å². The molecule has 0 aliphatic heterocycles. The zero-order chi connectivity index (χ0) is 16.9. The minimum atomic E-state index is 0.000688. The lowest BCUT2D eigenvalue weighted by Crippen LogP contribution is -2.05. The quantitative estimate of drug-likeness (QED) is 0.620. The molecule has 6 nitrogen and oxygen atoms in total. The Labute approximate surface area is 139 Å². The maximum atomic E-state index is 11.5. The van der Waals surface area contributed by atoms with Crippen molar-refractivity contribution in [2.24, 2.45) is 0 Å². The molecule has 0 aliphatic carbocycles. The Morgan fingerprint density at radius 3 is 2.21 bits per heavy atom. The van der Waals surface area contributed by atoms with E-state index in [0.717, 1.165) is 11.4 Å². The lowest BCUT2D eigenvalue weighted by atomic mass is 10.1. The first-order valence-electron chi connectivity index (χ1n) is 7.44. The van der Waals surface area contributed by atoms with Crippen LogP contribution in [0.2, 0.25) is 0 Å². The van der Waals surface area contributed by atoms with E-state index in [1.165, 1.54) is 13.3 Å². The molecule has 6 heteroatoms. The van der Waals surface area contributed by atoms with E-state index in [0.29, 0.717) is 22.9 Å². The standard InChI is InChI=1S/C18H17N5O/c1-12(24)13-6-5-9-15(10-13)23-18-16(19)17(20-11-21-18)22-14-7-3-2-4-8-14/h2-11H,19H2,1H3,(H2,20,21,22,23). The molecular formula is C18H17N5O. The number of ketones is 1. The number of benzene rings is 2. The van der Waals surface area contributed by atoms with E-state index in [-0.39, 0.29) is 5.78 Å². The molecule has 0 aliphatic rings. The number of Topliss-reactive ketones (excluding diaryl/α,β-unsaturated/α-hetero) is 1. The molecule has 0 fully saturated rings. The molecule has 0 spiro atoms. The van der Waals surface area contributed by atoms with Crippen molar-refractivity contribution in [3.63, 3.8) is 0 Å². The number of nitrogens with zero attached hydrogens (tertiary/aromatic N) is 2. The number of nitrogens with two attached hydrogens (primary N) is 1. The van der Waals surface area contributed by atoms with Crippen molar-refractivity contribution in [3.05, 3.63) is 66.5 Å². The van der Waals surface area contributed by atoms with Crippen LogP contribution in [0.1, 0.15) is 17.3 Å². The van der Waals surface area contributed by atoms with Gasteiger partial charge in [-0.25, -0.2) is 9.97 Å². The topological polar surface area (TPSA) is 92.9 Å². The first-order valence-corrected chi connectivity index (χ1v) is 7.44. The number of carbonyl (C=O) groups excluding carboxylic acids is 1. The normalized spacial score (nSPS) is 10.2. The summed E-state index contributed by atoms with van der Waals surface area (Å²) in [4.78, 5) is 19.8. The number of nitrogens with one attached hydrogen (secondary N) is 2. The summed E-state index contributed by atoms with van der Waals surface area (Å²) in [7, 11) is 0. The van der Waals surface area contributed by atoms with Crippen molar-refractivity contribution in [1.29, 1.82) is 0 Å². The summed E-state index contributed by atoms with van der Waals surface area (Å²) in [5.41, 5.74) is 8.80. The van der Waals surface area contributed by atoms with Crippen LogP contribution in [0.3, 0.4) is 0 Å². The molecule has 1 heterocycles. The summed E-state index contributed by atoms with van der Waals surface area (Å²) in [5.74, 6) is 0.992. The number of rotatable bonds is 5. The number of anilines is 5. The second-order valence-electron chi connectivity index (χ2n) is 5.24. The van der Waals surface area contributed by atoms with Gasteiger partial charge in [-0.1, -0.05) is 30.3 Å². The highest BCUT2D eigenvalue weighted by Crippen LogP contribution is 2.28. The zero-order valence-corrected chi connectivity index (χ0v) is 13.2. The van der Waals surface area contributed by atoms with Gasteiger partial charge in [0.15, 0.2) is 17.4 Å². The van der Waals surface area contributed by atoms with Gasteiger partial charge >= 0.3 is 0 Å². The van der Waals surface area contributed by atoms with Crippen LogP contribution in [0.5, 0.6) is 0 Å². The molecule has 0 atom stereocenters. The summed E-state index contributed by atoms with van der Waals surface area (Å²) in [6.45, 7) is 1.53. The second kappa shape index (κ2) is 6.78. The Morgan fingerprint density at radius 2 is 1.54 bits per heavy atom. The summed E-state index contributed by atoms with van der Waals surface area (Å²) >= 11 is 0. The average molecular weight is 319 g/mol. The van der Waals surface area contributed by atoms with Crippen molar-refractivity contribution in [3.8, 4) is 0 Å². The average Bonchev–Trinajstić information content (AvgIpc) is 2.60. The molecule has 2 aromatic carbocycles. The highest BCUT2D eigenvalue weighted by Gasteiger charge is 2.09. The van der Waals surface area contributed by atoms with Crippen molar-refractivity contribution in [1.82, 2.24) is 9.97 Å². The Bertz CT molecular complexity index is 864. The molecular weight excluding hydrogens is 302 g/mol. The monoisotopic (exact) mass is 319 g/mol. The van der Waals surface area contributed by atoms with Gasteiger partial charge in [-0.3, -0.25) is 4.79 Å². The predicted octanol–water partition coefficient (Wildman–Crippen LogP) is 3.75. The number of nitrogen functional groups attached to an aromatic ring is 1. The van der Waals surface area contributed by atoms with E-state index in [1.807, 2.05) is 36.4 Å². The third kappa shape index (κ3) is 3.49. The SMILES string of the molecule is CC(=O)c1cccc(Nc2ncnc(Nc3ccccc3)c2N)c1. The summed E-state index contributed by atoms with van der Waals surface area (Å²) in [6, 6.07) is 16.8. The predicted molar refractivity (Wildman–Crippen MR) is 95.9 cm³/mol. The third-order valence-corrected chi connectivity index (χ3v) is 3.45. The zero-order valence-electron chi connectivity index (χ0n) is 13.2. The third-order valence-electron chi connectivity index (χ3n) is 3.45. The van der Waals surface area contributed by atoms with Crippen LogP contribution < -0.4 is 16.4 Å². The number of hydrogen-bond donors (Lipinski definition) is 3. The van der Waals surface area contributed by atoms with Crippen LogP contribution in [-0.4, -0.2) is 15.8 Å². The maximum absolute atomic E-state index is 11.5. The van der Waals surface area contributed by atoms with Gasteiger partial charge in [0, 0.05) is 16.9 Å². The van der Waals surface area contributed by atoms with E-state index in [2.05, 4.69) is 20.6 Å². The highest BCUT2D eigenvalue weighted by atomic mass is 16.1. The fourth-order valence-corrected chi connectivity index (χ4v) is 2.21. The van der Waals surface area contributed by atoms with Crippen LogP contribution >= 0.6 is 0 Å². The van der Waals surface area contributed by atoms with Gasteiger partial charge in [-0.2, -0.15) is 0 Å². The van der Waals surface area contributed by atoms with E-state index < -0.39 is 0 Å². The Morgan fingerprint density at radius 1 is 0.917 bits per heavy atom. The first-order chi connectivity index (χ1) is 11.6. The highest BCUT2D eigenvalue weighted by molar-refractivity contribution is 5.95. The Hall–Kier alpha value is -3.41. The molecule has 0 saturated carbocycles. The number of hydrogen-bond acceptors (Lipinski definition) is 6. The molecule has 120 valence electrons. The largest absolute Gasteiger partial charge is 0.393 e. The van der Waals surface area contributed by atoms with Crippen LogP contribution in [0, 0.1) is 0 Å². The van der Waals surface area contributed by atoms with Gasteiger partial charge in [0.05, 0.1) is 0 Å². The smallest absolute Gasteiger partial charge is 0.159 e. The molecule has 3 rings (SSSR count). The molecule has 1 aromatic heterocycles. The minimum absolute atomic E-state index is 0.000688. The first kappa shape index (κ1) is 15.5. The molecule has 0 unspecified atom stereocenters. The van der Waals surface area contributed by atoms with Gasteiger partial charge in [0.1, 0.15) is 12.0 Å². The van der Waals surface area contributed by atoms with E-state index in [4.69, 9.17) is 5.73 Å². The Balaban J connectivity index is 1.85. The molecule has 0 amide bonds. The van der Waals surface area contributed by atoms with Crippen LogP contribution in [0.15, 0.2) is 60.9 Å². The molecule has 24 heavy (non-hydrogen) atoms. The van der Waals surface area contributed by atoms with E-state index in [1.54, 1.807) is 18.2 Å². The number of aromatic nitrogens is 2. The Kier molecular flexibility index (Phi) is 4.38. The van der Waals surface area contributed by atoms with Gasteiger partial charge in [-0.05, 0) is 31.2 Å². The molecule has 0 saturated heterocycles. The van der Waals surface area contributed by atoms with Crippen molar-refractivity contribution in [2.45, 2.75) is 6.92 Å². The number of para-hydroxylation sites is 1. The molecule has 4 N–H and O–H groups in total. The van der Waals surface area contributed by atoms with Gasteiger partial charge in [0.2, 0.25) is 0 Å². The molecule has 0 bridgehead atoms. The molecule has 3 aromatic rings. The lowest BCUT2D eigenvalue weighted by molar-refractivity contribution is 0.101. The number of carbonyl (C=O) groups is 1. The summed E-state index contributed by atoms with van der Waals surface area (Å²) in [5, 5.41) is 6.28. The van der Waals surface area contributed by atoms with Crippen LogP contribution in [0.25, 0.3) is 0 Å². The van der Waals surface area contributed by atoms with Gasteiger partial charge < -0.3 is 16.4 Å². The lowest BCUT2D eigenvalue weighted by Gasteiger charge is -2.13. The summed E-state index contributed by atoms with van der Waals surface area (Å²) in [6.07, 6.45) is 1.43. The maximum Gasteiger partial charge on any atom is 0.159 e. The van der Waals surface area contributed by atoms with Crippen molar-refractivity contribution >= 4 is 34.5 Å². The minimum Gasteiger partial charge on any atom is -0.393 e. The van der Waals surface area contributed by atoms with E-state index >= 15 is 0 Å². The summed E-state index contributed by atoms with van der Waals surface area (Å²) < 4.78 is 0. The second-order valence-corrected chi connectivity index (χ2v) is 5.24. The van der Waals surface area contributed by atoms with Crippen molar-refractivity contribution < 1.29 is 4.79 Å². The van der Waals surface area contributed by atoms with Gasteiger partial charge in [-0.15, -0.1) is 0 Å². The van der Waals surface area contributed by atoms with E-state index in [9.17, 15) is 4.79 Å². The molecule has 0 radical (unpaired) electrons. The van der Waals surface area contributed by atoms with Gasteiger partial charge in [0.25, 0.3) is 0 Å².